The summed E-state index contributed by atoms with van der Waals surface area (Å²) in [5.41, 5.74) is 0. The molecular weight excluding hydrogens is 180 g/mol. The highest BCUT2D eigenvalue weighted by Gasteiger charge is 2.25. The molecule has 2 atom stereocenters. The first-order valence-electron chi connectivity index (χ1n) is 5.33. The quantitative estimate of drug-likeness (QED) is 0.718. The van der Waals surface area contributed by atoms with Crippen molar-refractivity contribution in [1.82, 2.24) is 10.6 Å². The maximum absolute atomic E-state index is 11.3. The molecule has 1 fully saturated rings. The lowest BCUT2D eigenvalue weighted by Crippen LogP contribution is -2.41. The molecule has 0 spiro atoms. The van der Waals surface area contributed by atoms with E-state index in [1.54, 1.807) is 7.11 Å². The fourth-order valence-electron chi connectivity index (χ4n) is 1.76. The fraction of sp³-hybridized carbons (Fsp3) is 0.900. The van der Waals surface area contributed by atoms with Crippen molar-refractivity contribution in [2.45, 2.75) is 44.8 Å². The van der Waals surface area contributed by atoms with Gasteiger partial charge in [-0.2, -0.15) is 0 Å². The van der Waals surface area contributed by atoms with Crippen LogP contribution in [-0.4, -0.2) is 31.8 Å². The summed E-state index contributed by atoms with van der Waals surface area (Å²) in [5.74, 6) is 0. The van der Waals surface area contributed by atoms with E-state index < -0.39 is 0 Å². The van der Waals surface area contributed by atoms with Gasteiger partial charge in [-0.1, -0.05) is 6.92 Å². The second kappa shape index (κ2) is 5.86. The summed E-state index contributed by atoms with van der Waals surface area (Å²) in [6.07, 6.45) is 4.31. The van der Waals surface area contributed by atoms with E-state index in [2.05, 4.69) is 10.6 Å². The normalized spacial score (nSPS) is 26.1. The minimum atomic E-state index is -0.0476. The highest BCUT2D eigenvalue weighted by molar-refractivity contribution is 5.74. The molecule has 0 bridgehead atoms. The van der Waals surface area contributed by atoms with Gasteiger partial charge in [-0.05, 0) is 25.7 Å². The van der Waals surface area contributed by atoms with Crippen LogP contribution in [0.4, 0.5) is 4.79 Å². The predicted octanol–water partition coefficient (Wildman–Crippen LogP) is 1.26. The number of ether oxygens (including phenoxy) is 1. The molecule has 0 radical (unpaired) electrons. The van der Waals surface area contributed by atoms with Crippen molar-refractivity contribution in [3.05, 3.63) is 0 Å². The monoisotopic (exact) mass is 200 g/mol. The highest BCUT2D eigenvalue weighted by Crippen LogP contribution is 2.21. The van der Waals surface area contributed by atoms with E-state index >= 15 is 0 Å². The molecule has 0 saturated heterocycles. The Bertz CT molecular complexity index is 185. The molecule has 4 nitrogen and oxygen atoms in total. The van der Waals surface area contributed by atoms with Crippen LogP contribution in [0.15, 0.2) is 0 Å². The predicted molar refractivity (Wildman–Crippen MR) is 55.3 cm³/mol. The molecule has 1 aliphatic carbocycles. The van der Waals surface area contributed by atoms with Crippen LogP contribution >= 0.6 is 0 Å². The molecule has 0 aromatic heterocycles. The van der Waals surface area contributed by atoms with Crippen LogP contribution in [0.5, 0.6) is 0 Å². The molecule has 1 saturated carbocycles. The van der Waals surface area contributed by atoms with E-state index in [4.69, 9.17) is 4.74 Å². The molecule has 0 aromatic rings. The van der Waals surface area contributed by atoms with Gasteiger partial charge in [-0.25, -0.2) is 4.79 Å². The molecule has 0 aliphatic heterocycles. The Hall–Kier alpha value is -0.770. The summed E-state index contributed by atoms with van der Waals surface area (Å²) in [4.78, 5) is 11.3. The van der Waals surface area contributed by atoms with Crippen molar-refractivity contribution in [3.8, 4) is 0 Å². The molecule has 2 amide bonds. The van der Waals surface area contributed by atoms with Gasteiger partial charge >= 0.3 is 6.03 Å². The summed E-state index contributed by atoms with van der Waals surface area (Å²) in [6, 6.07) is 0.241. The van der Waals surface area contributed by atoms with E-state index in [1.165, 1.54) is 0 Å². The molecule has 82 valence electrons. The zero-order valence-corrected chi connectivity index (χ0v) is 9.01. The van der Waals surface area contributed by atoms with Crippen LogP contribution in [0.2, 0.25) is 0 Å². The number of urea groups is 1. The minimum absolute atomic E-state index is 0.0476. The Morgan fingerprint density at radius 2 is 2.29 bits per heavy atom. The minimum Gasteiger partial charge on any atom is -0.381 e. The van der Waals surface area contributed by atoms with Crippen LogP contribution < -0.4 is 10.6 Å². The van der Waals surface area contributed by atoms with Crippen LogP contribution in [0.1, 0.15) is 32.6 Å². The summed E-state index contributed by atoms with van der Waals surface area (Å²) in [6.45, 7) is 2.78. The maximum Gasteiger partial charge on any atom is 0.315 e. The van der Waals surface area contributed by atoms with Crippen LogP contribution in [0, 0.1) is 0 Å². The van der Waals surface area contributed by atoms with Gasteiger partial charge in [0.25, 0.3) is 0 Å². The number of rotatable bonds is 4. The highest BCUT2D eigenvalue weighted by atomic mass is 16.5. The first kappa shape index (κ1) is 11.3. The topological polar surface area (TPSA) is 50.4 Å². The number of methoxy groups -OCH3 is 1. The van der Waals surface area contributed by atoms with Crippen LogP contribution in [0.3, 0.4) is 0 Å². The zero-order chi connectivity index (χ0) is 10.4. The third kappa shape index (κ3) is 3.54. The van der Waals surface area contributed by atoms with Crippen molar-refractivity contribution in [3.63, 3.8) is 0 Å². The van der Waals surface area contributed by atoms with Gasteiger partial charge in [0.1, 0.15) is 0 Å². The molecule has 0 heterocycles. The Morgan fingerprint density at radius 1 is 1.50 bits per heavy atom. The Morgan fingerprint density at radius 3 is 2.86 bits per heavy atom. The standard InChI is InChI=1S/C10H20N2O2/c1-3-6-11-10(13)12-8-4-5-9(7-8)14-2/h8-9H,3-7H2,1-2H3,(H2,11,12,13). The second-order valence-corrected chi connectivity index (χ2v) is 3.77. The van der Waals surface area contributed by atoms with Crippen molar-refractivity contribution in [2.75, 3.05) is 13.7 Å². The lowest BCUT2D eigenvalue weighted by molar-refractivity contribution is 0.107. The molecular formula is C10H20N2O2. The Kier molecular flexibility index (Phi) is 4.73. The van der Waals surface area contributed by atoms with Gasteiger partial charge in [0, 0.05) is 19.7 Å². The molecule has 1 aliphatic rings. The van der Waals surface area contributed by atoms with Gasteiger partial charge in [0.2, 0.25) is 0 Å². The first-order chi connectivity index (χ1) is 6.76. The molecule has 14 heavy (non-hydrogen) atoms. The smallest absolute Gasteiger partial charge is 0.315 e. The van der Waals surface area contributed by atoms with E-state index in [9.17, 15) is 4.79 Å². The number of nitrogens with one attached hydrogen (secondary N) is 2. The van der Waals surface area contributed by atoms with Gasteiger partial charge in [-0.3, -0.25) is 0 Å². The van der Waals surface area contributed by atoms with Crippen molar-refractivity contribution in [1.29, 1.82) is 0 Å². The summed E-state index contributed by atoms with van der Waals surface area (Å²) in [5, 5.41) is 5.75. The van der Waals surface area contributed by atoms with E-state index in [0.29, 0.717) is 6.10 Å². The molecule has 0 aromatic carbocycles. The van der Waals surface area contributed by atoms with Gasteiger partial charge in [0.05, 0.1) is 6.10 Å². The maximum atomic E-state index is 11.3. The van der Waals surface area contributed by atoms with Gasteiger partial charge in [-0.15, -0.1) is 0 Å². The van der Waals surface area contributed by atoms with Gasteiger partial charge in [0.15, 0.2) is 0 Å². The first-order valence-corrected chi connectivity index (χ1v) is 5.33. The SMILES string of the molecule is CCCNC(=O)NC1CCC(OC)C1. The summed E-state index contributed by atoms with van der Waals surface area (Å²) < 4.78 is 5.23. The molecule has 2 unspecified atom stereocenters. The molecule has 1 rings (SSSR count). The molecule has 2 N–H and O–H groups in total. The Balaban J connectivity index is 2.15. The van der Waals surface area contributed by atoms with Gasteiger partial charge < -0.3 is 15.4 Å². The third-order valence-electron chi connectivity index (χ3n) is 2.59. The second-order valence-electron chi connectivity index (χ2n) is 3.77. The summed E-state index contributed by atoms with van der Waals surface area (Å²) in [7, 11) is 1.73. The van der Waals surface area contributed by atoms with Crippen LogP contribution in [0.25, 0.3) is 0 Å². The molecule has 4 heteroatoms. The van der Waals surface area contributed by atoms with E-state index in [0.717, 1.165) is 32.2 Å². The van der Waals surface area contributed by atoms with Crippen molar-refractivity contribution >= 4 is 6.03 Å². The lowest BCUT2D eigenvalue weighted by atomic mass is 10.2. The largest absolute Gasteiger partial charge is 0.381 e. The Labute approximate surface area is 85.4 Å². The fourth-order valence-corrected chi connectivity index (χ4v) is 1.76. The van der Waals surface area contributed by atoms with Crippen molar-refractivity contribution < 1.29 is 9.53 Å². The number of amides is 2. The lowest BCUT2D eigenvalue weighted by Gasteiger charge is -2.13. The average molecular weight is 200 g/mol. The van der Waals surface area contributed by atoms with E-state index in [-0.39, 0.29) is 12.1 Å². The number of carbonyl (C=O) groups is 1. The number of hydrogen-bond acceptors (Lipinski definition) is 2. The summed E-state index contributed by atoms with van der Waals surface area (Å²) >= 11 is 0. The average Bonchev–Trinajstić information content (AvgIpc) is 2.62. The zero-order valence-electron chi connectivity index (χ0n) is 9.01. The van der Waals surface area contributed by atoms with Crippen LogP contribution in [-0.2, 0) is 4.74 Å². The van der Waals surface area contributed by atoms with E-state index in [1.807, 2.05) is 6.92 Å². The van der Waals surface area contributed by atoms with Crippen molar-refractivity contribution in [2.24, 2.45) is 0 Å². The number of hydrogen-bond donors (Lipinski definition) is 2. The third-order valence-corrected chi connectivity index (χ3v) is 2.59. The number of carbonyl (C=O) groups excluding carboxylic acids is 1.